The molecular formula is C16H15ClF3N5O3S. The third-order valence-electron chi connectivity index (χ3n) is 3.93. The lowest BCUT2D eigenvalue weighted by Gasteiger charge is -2.20. The molecular weight excluding hydrogens is 435 g/mol. The Balaban J connectivity index is 2.39. The van der Waals surface area contributed by atoms with Gasteiger partial charge in [-0.25, -0.2) is 31.3 Å². The molecule has 13 heteroatoms. The molecule has 0 aromatic carbocycles. The van der Waals surface area contributed by atoms with E-state index in [4.69, 9.17) is 16.9 Å². The Kier molecular flexibility index (Phi) is 6.27. The van der Waals surface area contributed by atoms with E-state index in [1.165, 1.54) is 13.1 Å². The zero-order valence-electron chi connectivity index (χ0n) is 15.3. The van der Waals surface area contributed by atoms with Crippen molar-refractivity contribution >= 4 is 33.2 Å². The first-order valence-corrected chi connectivity index (χ1v) is 9.76. The van der Waals surface area contributed by atoms with Crippen LogP contribution in [0.4, 0.5) is 18.9 Å². The van der Waals surface area contributed by atoms with E-state index in [-0.39, 0.29) is 11.4 Å². The summed E-state index contributed by atoms with van der Waals surface area (Å²) in [7, 11) is -3.20. The zero-order valence-corrected chi connectivity index (χ0v) is 16.9. The van der Waals surface area contributed by atoms with Crippen LogP contribution in [0.3, 0.4) is 0 Å². The molecule has 29 heavy (non-hydrogen) atoms. The van der Waals surface area contributed by atoms with Gasteiger partial charge in [0.15, 0.2) is 11.5 Å². The largest absolute Gasteiger partial charge is 0.344 e. The van der Waals surface area contributed by atoms with Crippen LogP contribution in [0.5, 0.6) is 0 Å². The van der Waals surface area contributed by atoms with Gasteiger partial charge in [0, 0.05) is 26.4 Å². The first-order valence-electron chi connectivity index (χ1n) is 7.90. The van der Waals surface area contributed by atoms with E-state index in [0.29, 0.717) is 6.92 Å². The van der Waals surface area contributed by atoms with Gasteiger partial charge >= 0.3 is 0 Å². The van der Waals surface area contributed by atoms with E-state index in [2.05, 4.69) is 10.3 Å². The minimum atomic E-state index is -4.49. The maximum atomic E-state index is 14.1. The fraction of sp³-hybridized carbons (Fsp3) is 0.312. The first-order chi connectivity index (χ1) is 13.3. The number of alkyl halides is 2. The Morgan fingerprint density at radius 2 is 2.07 bits per heavy atom. The maximum absolute atomic E-state index is 14.1. The molecule has 0 aliphatic rings. The van der Waals surface area contributed by atoms with E-state index in [1.807, 2.05) is 0 Å². The third-order valence-corrected chi connectivity index (χ3v) is 5.98. The number of rotatable bonds is 6. The van der Waals surface area contributed by atoms with Crippen molar-refractivity contribution in [2.75, 3.05) is 5.32 Å². The lowest BCUT2D eigenvalue weighted by atomic mass is 10.2. The van der Waals surface area contributed by atoms with Crippen molar-refractivity contribution in [2.24, 2.45) is 7.05 Å². The summed E-state index contributed by atoms with van der Waals surface area (Å²) in [5.74, 6) is -5.41. The molecule has 0 aliphatic heterocycles. The minimum Gasteiger partial charge on any atom is -0.344 e. The number of aromatic nitrogens is 2. The molecule has 2 heterocycles. The predicted octanol–water partition coefficient (Wildman–Crippen LogP) is 2.66. The van der Waals surface area contributed by atoms with Gasteiger partial charge in [0.1, 0.15) is 16.7 Å². The third kappa shape index (κ3) is 4.69. The van der Waals surface area contributed by atoms with Gasteiger partial charge in [-0.2, -0.15) is 5.26 Å². The molecule has 2 N–H and O–H groups in total. The summed E-state index contributed by atoms with van der Waals surface area (Å²) in [4.78, 5) is 15.4. The highest BCUT2D eigenvalue weighted by Crippen LogP contribution is 2.29. The molecule has 1 atom stereocenters. The molecule has 0 bridgehead atoms. The second-order valence-corrected chi connectivity index (χ2v) is 8.21. The number of nitrogens with zero attached hydrogens (tertiary/aromatic N) is 3. The highest BCUT2D eigenvalue weighted by molar-refractivity contribution is 7.89. The number of amides is 1. The van der Waals surface area contributed by atoms with Gasteiger partial charge < -0.3 is 9.88 Å². The molecule has 156 valence electrons. The number of aryl methyl sites for hydroxylation is 1. The van der Waals surface area contributed by atoms with Crippen LogP contribution in [-0.4, -0.2) is 35.8 Å². The van der Waals surface area contributed by atoms with E-state index in [0.717, 1.165) is 30.0 Å². The summed E-state index contributed by atoms with van der Waals surface area (Å²) >= 11 is 6.02. The van der Waals surface area contributed by atoms with E-state index >= 15 is 0 Å². The van der Waals surface area contributed by atoms with Gasteiger partial charge in [-0.05, 0) is 13.0 Å². The Bertz CT molecular complexity index is 1110. The number of hydrogen-bond donors (Lipinski definition) is 2. The zero-order chi connectivity index (χ0) is 22.1. The van der Waals surface area contributed by atoms with Gasteiger partial charge in [0.05, 0.1) is 16.8 Å². The lowest BCUT2D eigenvalue weighted by molar-refractivity contribution is -0.00488. The normalized spacial score (nSPS) is 13.0. The topological polar surface area (TPSA) is 117 Å². The van der Waals surface area contributed by atoms with Crippen LogP contribution in [0.25, 0.3) is 0 Å². The van der Waals surface area contributed by atoms with Crippen LogP contribution in [0.2, 0.25) is 5.02 Å². The predicted molar refractivity (Wildman–Crippen MR) is 97.7 cm³/mol. The maximum Gasteiger partial charge on any atom is 0.273 e. The lowest BCUT2D eigenvalue weighted by Crippen LogP contribution is -2.43. The summed E-state index contributed by atoms with van der Waals surface area (Å²) in [5, 5.41) is 10.4. The SMILES string of the molecule is C[C@@H](NS(=O)(=O)c1cn(C)c(C(=O)Nc2ccnc(C#N)c2F)c1Cl)C(C)(F)F. The molecule has 0 saturated carbocycles. The quantitative estimate of drug-likeness (QED) is 0.703. The van der Waals surface area contributed by atoms with Crippen molar-refractivity contribution in [2.45, 2.75) is 30.7 Å². The second kappa shape index (κ2) is 8.02. The standard InChI is InChI=1S/C16H15ClF3N5O3S/c1-8(16(2,19)20)24-29(27,28)11-7-25(3)14(12(11)17)15(26)23-9-4-5-22-10(6-21)13(9)18/h4-5,7-8,24H,1-3H3,(H,22,23,26)/t8-/m1/s1. The summed E-state index contributed by atoms with van der Waals surface area (Å²) in [6.07, 6.45) is 2.06. The molecule has 2 rings (SSSR count). The van der Waals surface area contributed by atoms with Crippen LogP contribution in [-0.2, 0) is 17.1 Å². The second-order valence-electron chi connectivity index (χ2n) is 6.15. The Labute approximate surface area is 169 Å². The van der Waals surface area contributed by atoms with Gasteiger partial charge in [-0.1, -0.05) is 11.6 Å². The first kappa shape index (κ1) is 22.7. The molecule has 0 unspecified atom stereocenters. The van der Waals surface area contributed by atoms with Crippen molar-refractivity contribution in [1.82, 2.24) is 14.3 Å². The van der Waals surface area contributed by atoms with Crippen molar-refractivity contribution in [3.63, 3.8) is 0 Å². The molecule has 0 fully saturated rings. The van der Waals surface area contributed by atoms with Crippen LogP contribution in [0.1, 0.15) is 30.0 Å². The number of sulfonamides is 1. The summed E-state index contributed by atoms with van der Waals surface area (Å²) in [6.45, 7) is 1.52. The fourth-order valence-electron chi connectivity index (χ4n) is 2.22. The van der Waals surface area contributed by atoms with E-state index in [1.54, 1.807) is 4.72 Å². The van der Waals surface area contributed by atoms with Crippen LogP contribution in [0.15, 0.2) is 23.4 Å². The smallest absolute Gasteiger partial charge is 0.273 e. The number of halogens is 4. The average molecular weight is 450 g/mol. The molecule has 2 aromatic rings. The number of nitrogens with one attached hydrogen (secondary N) is 2. The van der Waals surface area contributed by atoms with Crippen LogP contribution in [0, 0.1) is 17.1 Å². The molecule has 8 nitrogen and oxygen atoms in total. The molecule has 0 spiro atoms. The van der Waals surface area contributed by atoms with Gasteiger partial charge in [-0.3, -0.25) is 4.79 Å². The Morgan fingerprint density at radius 3 is 2.62 bits per heavy atom. The molecule has 1 amide bonds. The number of hydrogen-bond acceptors (Lipinski definition) is 5. The molecule has 2 aromatic heterocycles. The molecule has 0 radical (unpaired) electrons. The number of anilines is 1. The highest BCUT2D eigenvalue weighted by atomic mass is 35.5. The Morgan fingerprint density at radius 1 is 1.45 bits per heavy atom. The number of carbonyl (C=O) groups excluding carboxylic acids is 1. The summed E-state index contributed by atoms with van der Waals surface area (Å²) < 4.78 is 68.4. The number of pyridine rings is 1. The van der Waals surface area contributed by atoms with Crippen LogP contribution < -0.4 is 10.0 Å². The summed E-state index contributed by atoms with van der Waals surface area (Å²) in [5.41, 5.74) is -1.29. The van der Waals surface area contributed by atoms with E-state index in [9.17, 15) is 26.4 Å². The summed E-state index contributed by atoms with van der Waals surface area (Å²) in [6, 6.07) is 0.861. The highest BCUT2D eigenvalue weighted by Gasteiger charge is 2.36. The van der Waals surface area contributed by atoms with Gasteiger partial charge in [0.2, 0.25) is 10.0 Å². The monoisotopic (exact) mass is 449 g/mol. The molecule has 0 aliphatic carbocycles. The van der Waals surface area contributed by atoms with Crippen molar-refractivity contribution < 1.29 is 26.4 Å². The van der Waals surface area contributed by atoms with Crippen molar-refractivity contribution in [3.8, 4) is 6.07 Å². The molecule has 0 saturated heterocycles. The minimum absolute atomic E-state index is 0.363. The van der Waals surface area contributed by atoms with Crippen molar-refractivity contribution in [1.29, 1.82) is 5.26 Å². The number of carbonyl (C=O) groups is 1. The van der Waals surface area contributed by atoms with E-state index < -0.39 is 49.3 Å². The van der Waals surface area contributed by atoms with Crippen LogP contribution >= 0.6 is 11.6 Å². The van der Waals surface area contributed by atoms with Gasteiger partial charge in [0.25, 0.3) is 11.8 Å². The Hall–Kier alpha value is -2.62. The fourth-order valence-corrected chi connectivity index (χ4v) is 4.22. The van der Waals surface area contributed by atoms with Crippen molar-refractivity contribution in [3.05, 3.63) is 40.7 Å². The number of nitriles is 1. The average Bonchev–Trinajstić information content (AvgIpc) is 2.91. The van der Waals surface area contributed by atoms with Gasteiger partial charge in [-0.15, -0.1) is 0 Å².